The van der Waals surface area contributed by atoms with E-state index in [0.717, 1.165) is 25.7 Å². The molecule has 0 heterocycles. The maximum atomic E-state index is 12.4. The number of hydrogen-bond donors (Lipinski definition) is 0. The first-order valence-electron chi connectivity index (χ1n) is 9.19. The van der Waals surface area contributed by atoms with Crippen LogP contribution in [0.2, 0.25) is 0 Å². The highest BCUT2D eigenvalue weighted by molar-refractivity contribution is 6.03. The summed E-state index contributed by atoms with van der Waals surface area (Å²) in [5, 5.41) is 10.7. The van der Waals surface area contributed by atoms with E-state index in [1.54, 1.807) is 12.1 Å². The van der Waals surface area contributed by atoms with Crippen molar-refractivity contribution in [3.05, 3.63) is 75.3 Å². The van der Waals surface area contributed by atoms with Crippen LogP contribution in [0.1, 0.15) is 58.9 Å². The smallest absolute Gasteiger partial charge is 0.339 e. The molecule has 0 saturated heterocycles. The minimum Gasteiger partial charge on any atom is -0.462 e. The van der Waals surface area contributed by atoms with Gasteiger partial charge in [0.25, 0.3) is 5.69 Å². The van der Waals surface area contributed by atoms with Crippen molar-refractivity contribution >= 4 is 17.6 Å². The van der Waals surface area contributed by atoms with E-state index in [2.05, 4.69) is 6.92 Å². The Kier molecular flexibility index (Phi) is 8.14. The number of hydrogen-bond acceptors (Lipinski definition) is 6. The predicted molar refractivity (Wildman–Crippen MR) is 103 cm³/mol. The summed E-state index contributed by atoms with van der Waals surface area (Å²) in [5.74, 6) is -1.21. The van der Waals surface area contributed by atoms with E-state index in [9.17, 15) is 19.7 Å². The molecule has 0 amide bonds. The van der Waals surface area contributed by atoms with Crippen LogP contribution in [0.5, 0.6) is 0 Å². The van der Waals surface area contributed by atoms with Crippen molar-refractivity contribution in [3.63, 3.8) is 0 Å². The molecule has 0 spiro atoms. The Labute approximate surface area is 163 Å². The molecule has 148 valence electrons. The average Bonchev–Trinajstić information content (AvgIpc) is 2.72. The number of nitro groups is 1. The average molecular weight is 385 g/mol. The van der Waals surface area contributed by atoms with Crippen LogP contribution in [0.15, 0.2) is 48.5 Å². The number of esters is 2. The molecule has 2 aromatic carbocycles. The van der Waals surface area contributed by atoms with Gasteiger partial charge in [-0.05, 0) is 36.2 Å². The Balaban J connectivity index is 1.95. The molecule has 0 radical (unpaired) electrons. The fourth-order valence-electron chi connectivity index (χ4n) is 2.55. The Bertz CT molecular complexity index is 816. The lowest BCUT2D eigenvalue weighted by atomic mass is 10.1. The first-order chi connectivity index (χ1) is 13.5. The van der Waals surface area contributed by atoms with E-state index in [1.165, 1.54) is 36.4 Å². The highest BCUT2D eigenvalue weighted by Crippen LogP contribution is 2.16. The molecule has 7 heteroatoms. The van der Waals surface area contributed by atoms with Crippen molar-refractivity contribution in [2.45, 2.75) is 39.2 Å². The van der Waals surface area contributed by atoms with Gasteiger partial charge in [0.2, 0.25) is 0 Å². The van der Waals surface area contributed by atoms with Crippen molar-refractivity contribution in [3.8, 4) is 0 Å². The third kappa shape index (κ3) is 6.19. The third-order valence-corrected chi connectivity index (χ3v) is 4.12. The molecule has 0 aromatic heterocycles. The lowest BCUT2D eigenvalue weighted by Crippen LogP contribution is -2.14. The van der Waals surface area contributed by atoms with Gasteiger partial charge < -0.3 is 9.47 Å². The maximum absolute atomic E-state index is 12.4. The monoisotopic (exact) mass is 385 g/mol. The number of non-ortho nitro benzene ring substituents is 1. The molecule has 0 N–H and O–H groups in total. The quantitative estimate of drug-likeness (QED) is 0.255. The molecule has 0 aliphatic carbocycles. The van der Waals surface area contributed by atoms with E-state index < -0.39 is 16.9 Å². The molecule has 0 fully saturated rings. The van der Waals surface area contributed by atoms with E-state index in [4.69, 9.17) is 9.47 Å². The zero-order valence-electron chi connectivity index (χ0n) is 15.8. The van der Waals surface area contributed by atoms with Crippen LogP contribution in [0.3, 0.4) is 0 Å². The van der Waals surface area contributed by atoms with Gasteiger partial charge in [0, 0.05) is 12.1 Å². The van der Waals surface area contributed by atoms with Crippen LogP contribution in [0.25, 0.3) is 0 Å². The standard InChI is InChI=1S/C21H23NO6/c1-2-3-4-7-14-27-20(23)18-8-5-6-9-19(18)21(24)28-15-16-10-12-17(13-11-16)22(25)26/h5-6,8-13H,2-4,7,14-15H2,1H3. The van der Waals surface area contributed by atoms with Crippen LogP contribution in [-0.2, 0) is 16.1 Å². The summed E-state index contributed by atoms with van der Waals surface area (Å²) in [7, 11) is 0. The second-order valence-electron chi connectivity index (χ2n) is 6.24. The number of carbonyl (C=O) groups is 2. The third-order valence-electron chi connectivity index (χ3n) is 4.12. The minimum absolute atomic E-state index is 0.0397. The highest BCUT2D eigenvalue weighted by Gasteiger charge is 2.19. The summed E-state index contributed by atoms with van der Waals surface area (Å²) in [4.78, 5) is 34.8. The number of nitrogens with zero attached hydrogens (tertiary/aromatic N) is 1. The van der Waals surface area contributed by atoms with Gasteiger partial charge in [-0.1, -0.05) is 38.3 Å². The largest absolute Gasteiger partial charge is 0.462 e. The van der Waals surface area contributed by atoms with Gasteiger partial charge in [-0.2, -0.15) is 0 Å². The second-order valence-corrected chi connectivity index (χ2v) is 6.24. The number of ether oxygens (including phenoxy) is 2. The van der Waals surface area contributed by atoms with Gasteiger partial charge in [-0.3, -0.25) is 10.1 Å². The first-order valence-corrected chi connectivity index (χ1v) is 9.19. The normalized spacial score (nSPS) is 10.3. The molecule has 2 aromatic rings. The molecule has 0 bridgehead atoms. The molecule has 0 aliphatic rings. The first kappa shape index (κ1) is 21.1. The number of unbranched alkanes of at least 4 members (excludes halogenated alkanes) is 3. The SMILES string of the molecule is CCCCCCOC(=O)c1ccccc1C(=O)OCc1ccc([N+](=O)[O-])cc1. The van der Waals surface area contributed by atoms with Crippen molar-refractivity contribution in [2.75, 3.05) is 6.61 Å². The summed E-state index contributed by atoms with van der Waals surface area (Å²) in [5.41, 5.74) is 0.853. The molecule has 0 atom stereocenters. The van der Waals surface area contributed by atoms with Gasteiger partial charge in [0.1, 0.15) is 6.61 Å². The Morgan fingerprint density at radius 1 is 0.893 bits per heavy atom. The van der Waals surface area contributed by atoms with E-state index >= 15 is 0 Å². The predicted octanol–water partition coefficient (Wildman–Crippen LogP) is 4.69. The van der Waals surface area contributed by atoms with E-state index in [0.29, 0.717) is 12.2 Å². The van der Waals surface area contributed by atoms with Gasteiger partial charge in [-0.15, -0.1) is 0 Å². The molecule has 0 saturated carbocycles. The molecule has 0 unspecified atom stereocenters. The highest BCUT2D eigenvalue weighted by atomic mass is 16.6. The number of nitro benzene ring substituents is 1. The van der Waals surface area contributed by atoms with Gasteiger partial charge >= 0.3 is 11.9 Å². The van der Waals surface area contributed by atoms with Gasteiger partial charge in [-0.25, -0.2) is 9.59 Å². The molecule has 0 aliphatic heterocycles. The van der Waals surface area contributed by atoms with Crippen molar-refractivity contribution < 1.29 is 24.0 Å². The van der Waals surface area contributed by atoms with E-state index in [1.807, 2.05) is 0 Å². The van der Waals surface area contributed by atoms with Crippen molar-refractivity contribution in [1.82, 2.24) is 0 Å². The van der Waals surface area contributed by atoms with Gasteiger partial charge in [0.05, 0.1) is 22.7 Å². The Morgan fingerprint density at radius 2 is 1.50 bits per heavy atom. The molecular weight excluding hydrogens is 362 g/mol. The summed E-state index contributed by atoms with van der Waals surface area (Å²) >= 11 is 0. The summed E-state index contributed by atoms with van der Waals surface area (Å²) in [6.45, 7) is 2.35. The number of benzene rings is 2. The Hall–Kier alpha value is -3.22. The zero-order valence-corrected chi connectivity index (χ0v) is 15.8. The summed E-state index contributed by atoms with van der Waals surface area (Å²) in [6.07, 6.45) is 3.95. The maximum Gasteiger partial charge on any atom is 0.339 e. The molecule has 2 rings (SSSR count). The van der Waals surface area contributed by atoms with Gasteiger partial charge in [0.15, 0.2) is 0 Å². The number of rotatable bonds is 10. The second kappa shape index (κ2) is 10.8. The lowest BCUT2D eigenvalue weighted by Gasteiger charge is -2.10. The van der Waals surface area contributed by atoms with Crippen LogP contribution in [0, 0.1) is 10.1 Å². The van der Waals surface area contributed by atoms with Crippen LogP contribution in [-0.4, -0.2) is 23.5 Å². The summed E-state index contributed by atoms with van der Waals surface area (Å²) in [6, 6.07) is 12.0. The Morgan fingerprint density at radius 3 is 2.07 bits per heavy atom. The fraction of sp³-hybridized carbons (Fsp3) is 0.333. The topological polar surface area (TPSA) is 95.7 Å². The fourth-order valence-corrected chi connectivity index (χ4v) is 2.55. The lowest BCUT2D eigenvalue weighted by molar-refractivity contribution is -0.384. The van der Waals surface area contributed by atoms with Crippen LogP contribution < -0.4 is 0 Å². The van der Waals surface area contributed by atoms with E-state index in [-0.39, 0.29) is 23.4 Å². The minimum atomic E-state index is -0.656. The van der Waals surface area contributed by atoms with Crippen molar-refractivity contribution in [2.24, 2.45) is 0 Å². The number of carbonyl (C=O) groups excluding carboxylic acids is 2. The molecule has 28 heavy (non-hydrogen) atoms. The van der Waals surface area contributed by atoms with Crippen LogP contribution in [0.4, 0.5) is 5.69 Å². The summed E-state index contributed by atoms with van der Waals surface area (Å²) < 4.78 is 10.5. The zero-order chi connectivity index (χ0) is 20.4. The molecular formula is C21H23NO6. The van der Waals surface area contributed by atoms with Crippen LogP contribution >= 0.6 is 0 Å². The molecule has 7 nitrogen and oxygen atoms in total. The van der Waals surface area contributed by atoms with Crippen molar-refractivity contribution in [1.29, 1.82) is 0 Å².